The summed E-state index contributed by atoms with van der Waals surface area (Å²) in [5.74, 6) is -0.233. The quantitative estimate of drug-likeness (QED) is 0.323. The average molecular weight is 555 g/mol. The van der Waals surface area contributed by atoms with E-state index in [2.05, 4.69) is 15.2 Å². The molecule has 3 rings (SSSR count). The molecule has 0 spiro atoms. The van der Waals surface area contributed by atoms with Crippen LogP contribution < -0.4 is 10.0 Å². The summed E-state index contributed by atoms with van der Waals surface area (Å²) in [6, 6.07) is 13.5. The molecule has 0 saturated carbocycles. The molecule has 0 fully saturated rings. The topological polar surface area (TPSA) is 122 Å². The van der Waals surface area contributed by atoms with Gasteiger partial charge in [-0.1, -0.05) is 68.4 Å². The minimum Gasteiger partial charge on any atom is -0.355 e. The van der Waals surface area contributed by atoms with Crippen LogP contribution in [0.2, 0.25) is 0 Å². The highest BCUT2D eigenvalue weighted by Crippen LogP contribution is 2.30. The molecule has 210 valence electrons. The molecule has 1 atom stereocenters. The molecule has 1 aromatic heterocycles. The molecule has 0 aliphatic rings. The van der Waals surface area contributed by atoms with Crippen molar-refractivity contribution in [2.24, 2.45) is 5.92 Å². The largest absolute Gasteiger partial charge is 0.355 e. The van der Waals surface area contributed by atoms with Crippen LogP contribution in [0.3, 0.4) is 0 Å². The average Bonchev–Trinajstić information content (AvgIpc) is 3.20. The van der Waals surface area contributed by atoms with Crippen molar-refractivity contribution in [2.75, 3.05) is 11.3 Å². The van der Waals surface area contributed by atoms with Crippen molar-refractivity contribution < 1.29 is 22.5 Å². The predicted octanol–water partition coefficient (Wildman–Crippen LogP) is 5.05. The summed E-state index contributed by atoms with van der Waals surface area (Å²) in [6.07, 6.45) is 1.03. The molecule has 0 aliphatic heterocycles. The highest BCUT2D eigenvalue weighted by atomic mass is 32.2. The lowest BCUT2D eigenvalue weighted by atomic mass is 9.99. The van der Waals surface area contributed by atoms with Gasteiger partial charge in [-0.2, -0.15) is 0 Å². The van der Waals surface area contributed by atoms with Gasteiger partial charge >= 0.3 is 0 Å². The van der Waals surface area contributed by atoms with Crippen molar-refractivity contribution in [2.45, 2.75) is 71.9 Å². The van der Waals surface area contributed by atoms with E-state index in [0.717, 1.165) is 5.56 Å². The number of hydrogen-bond donors (Lipinski definition) is 2. The minimum atomic E-state index is -3.96. The molecule has 0 aliphatic carbocycles. The van der Waals surface area contributed by atoms with E-state index >= 15 is 0 Å². The number of nitrogens with zero attached hydrogens (tertiary/aromatic N) is 2. The van der Waals surface area contributed by atoms with Crippen LogP contribution in [0.4, 0.5) is 5.88 Å². The summed E-state index contributed by atoms with van der Waals surface area (Å²) in [4.78, 5) is 27.7. The number of amides is 2. The molecule has 39 heavy (non-hydrogen) atoms. The van der Waals surface area contributed by atoms with E-state index in [1.54, 1.807) is 36.9 Å². The van der Waals surface area contributed by atoms with E-state index in [0.29, 0.717) is 41.8 Å². The van der Waals surface area contributed by atoms with E-state index in [1.165, 1.54) is 6.07 Å². The van der Waals surface area contributed by atoms with Gasteiger partial charge in [0.05, 0.1) is 10.6 Å². The molecule has 2 amide bonds. The summed E-state index contributed by atoms with van der Waals surface area (Å²) in [6.45, 7) is 11.9. The Morgan fingerprint density at radius 2 is 1.69 bits per heavy atom. The Balaban J connectivity index is 1.92. The monoisotopic (exact) mass is 554 g/mol. The molecule has 0 bridgehead atoms. The molecule has 3 aromatic rings. The van der Waals surface area contributed by atoms with Gasteiger partial charge < -0.3 is 14.7 Å². The second-order valence-electron chi connectivity index (χ2n) is 9.88. The molecule has 0 radical (unpaired) electrons. The fourth-order valence-electron chi connectivity index (χ4n) is 4.40. The molecule has 1 heterocycles. The van der Waals surface area contributed by atoms with Crippen molar-refractivity contribution in [1.82, 2.24) is 15.4 Å². The smallest absolute Gasteiger partial charge is 0.264 e. The Morgan fingerprint density at radius 3 is 2.26 bits per heavy atom. The Morgan fingerprint density at radius 1 is 1.03 bits per heavy atom. The van der Waals surface area contributed by atoms with E-state index in [-0.39, 0.29) is 35.1 Å². The number of nitrogens with one attached hydrogen (secondary N) is 2. The van der Waals surface area contributed by atoms with Gasteiger partial charge in [0.25, 0.3) is 10.0 Å². The third kappa shape index (κ3) is 7.06. The van der Waals surface area contributed by atoms with Crippen molar-refractivity contribution in [3.05, 3.63) is 65.4 Å². The number of carbonyl (C=O) groups is 2. The molecule has 0 unspecified atom stereocenters. The summed E-state index contributed by atoms with van der Waals surface area (Å²) < 4.78 is 34.2. The predicted molar refractivity (Wildman–Crippen MR) is 151 cm³/mol. The molecule has 0 saturated heterocycles. The lowest BCUT2D eigenvalue weighted by molar-refractivity contribution is -0.143. The summed E-state index contributed by atoms with van der Waals surface area (Å²) in [5, 5.41) is 6.68. The molecule has 9 nitrogen and oxygen atoms in total. The number of aromatic nitrogens is 1. The van der Waals surface area contributed by atoms with Crippen LogP contribution in [0.5, 0.6) is 0 Å². The van der Waals surface area contributed by atoms with Gasteiger partial charge in [0.15, 0.2) is 0 Å². The Bertz CT molecular complexity index is 1400. The number of carbonyl (C=O) groups excluding carboxylic acids is 2. The fraction of sp³-hybridized carbons (Fsp3) is 0.414. The maximum atomic E-state index is 13.3. The number of benzene rings is 2. The van der Waals surface area contributed by atoms with E-state index in [1.807, 2.05) is 52.0 Å². The van der Waals surface area contributed by atoms with Crippen LogP contribution in [0.25, 0.3) is 11.1 Å². The molecular formula is C29H38N4O5S. The van der Waals surface area contributed by atoms with E-state index in [9.17, 15) is 18.0 Å². The third-order valence-corrected chi connectivity index (χ3v) is 7.94. The van der Waals surface area contributed by atoms with Crippen molar-refractivity contribution in [3.63, 3.8) is 0 Å². The van der Waals surface area contributed by atoms with Crippen LogP contribution in [-0.2, 0) is 26.2 Å². The zero-order valence-electron chi connectivity index (χ0n) is 23.4. The molecule has 2 aromatic carbocycles. The number of anilines is 1. The standard InChI is InChI=1S/C29H38N4O5S/c1-7-11-26(34)33(27(19(3)4)28(35)30-8-2)18-22-14-16-23(17-15-22)24-12-9-10-13-25(24)39(36,37)32-29-20(5)21(6)31-38-29/h9-10,12-17,19,27,32H,7-8,11,18H2,1-6H3,(H,30,35)/t27-/m0/s1. The van der Waals surface area contributed by atoms with Crippen molar-refractivity contribution >= 4 is 27.7 Å². The second-order valence-corrected chi connectivity index (χ2v) is 11.5. The highest BCUT2D eigenvalue weighted by molar-refractivity contribution is 7.92. The van der Waals surface area contributed by atoms with Gasteiger partial charge in [-0.25, -0.2) is 13.1 Å². The fourth-order valence-corrected chi connectivity index (χ4v) is 5.67. The Hall–Kier alpha value is -3.66. The number of hydrogen-bond acceptors (Lipinski definition) is 6. The van der Waals surface area contributed by atoms with Gasteiger partial charge in [0.1, 0.15) is 6.04 Å². The first-order valence-electron chi connectivity index (χ1n) is 13.2. The maximum absolute atomic E-state index is 13.3. The lowest BCUT2D eigenvalue weighted by Crippen LogP contribution is -2.51. The van der Waals surface area contributed by atoms with Crippen LogP contribution in [0, 0.1) is 19.8 Å². The maximum Gasteiger partial charge on any atom is 0.264 e. The van der Waals surface area contributed by atoms with E-state index < -0.39 is 16.1 Å². The Kier molecular flexibility index (Phi) is 9.91. The number of sulfonamides is 1. The summed E-state index contributed by atoms with van der Waals surface area (Å²) in [7, 11) is -3.96. The summed E-state index contributed by atoms with van der Waals surface area (Å²) >= 11 is 0. The van der Waals surface area contributed by atoms with Gasteiger partial charge in [0, 0.05) is 30.6 Å². The second kappa shape index (κ2) is 12.9. The number of rotatable bonds is 12. The van der Waals surface area contributed by atoms with Crippen LogP contribution >= 0.6 is 0 Å². The number of likely N-dealkylation sites (N-methyl/N-ethyl adjacent to an activating group) is 1. The van der Waals surface area contributed by atoms with Crippen molar-refractivity contribution in [3.8, 4) is 11.1 Å². The van der Waals surface area contributed by atoms with Gasteiger partial charge in [0.2, 0.25) is 17.7 Å². The Labute approximate surface area is 231 Å². The minimum absolute atomic E-state index is 0.0713. The molecule has 2 N–H and O–H groups in total. The van der Waals surface area contributed by atoms with Crippen LogP contribution in [0.15, 0.2) is 57.9 Å². The van der Waals surface area contributed by atoms with Crippen LogP contribution in [0.1, 0.15) is 57.4 Å². The SMILES string of the molecule is CCCC(=O)N(Cc1ccc(-c2ccccc2S(=O)(=O)Nc2onc(C)c2C)cc1)[C@H](C(=O)NCC)C(C)C. The first kappa shape index (κ1) is 29.9. The number of aryl methyl sites for hydroxylation is 1. The first-order chi connectivity index (χ1) is 18.5. The van der Waals surface area contributed by atoms with Gasteiger partial charge in [-0.15, -0.1) is 0 Å². The molecule has 10 heteroatoms. The van der Waals surface area contributed by atoms with Crippen molar-refractivity contribution in [1.29, 1.82) is 0 Å². The normalized spacial score (nSPS) is 12.3. The van der Waals surface area contributed by atoms with E-state index in [4.69, 9.17) is 4.52 Å². The third-order valence-electron chi connectivity index (χ3n) is 6.55. The van der Waals surface area contributed by atoms with Gasteiger partial charge in [-0.3, -0.25) is 9.59 Å². The summed E-state index contributed by atoms with van der Waals surface area (Å²) in [5.41, 5.74) is 3.28. The van der Waals surface area contributed by atoms with Gasteiger partial charge in [-0.05, 0) is 50.3 Å². The van der Waals surface area contributed by atoms with Crippen LogP contribution in [-0.4, -0.2) is 42.9 Å². The lowest BCUT2D eigenvalue weighted by Gasteiger charge is -2.33. The highest BCUT2D eigenvalue weighted by Gasteiger charge is 2.32. The first-order valence-corrected chi connectivity index (χ1v) is 14.7. The zero-order chi connectivity index (χ0) is 28.7. The molecular weight excluding hydrogens is 516 g/mol. The zero-order valence-corrected chi connectivity index (χ0v) is 24.3.